The zero-order valence-corrected chi connectivity index (χ0v) is 19.2. The molecule has 0 spiro atoms. The van der Waals surface area contributed by atoms with Gasteiger partial charge in [0.25, 0.3) is 5.91 Å². The van der Waals surface area contributed by atoms with Crippen LogP contribution < -0.4 is 5.32 Å². The molecular formula is C24H32N4O5. The molecular weight excluding hydrogens is 424 g/mol. The number of pyridine rings is 1. The molecule has 3 aliphatic heterocycles. The number of carboxylic acids is 1. The Hall–Kier alpha value is -2.94. The van der Waals surface area contributed by atoms with Crippen molar-refractivity contribution in [1.82, 2.24) is 20.1 Å². The fourth-order valence-electron chi connectivity index (χ4n) is 5.13. The van der Waals surface area contributed by atoms with Crippen molar-refractivity contribution < 1.29 is 24.2 Å². The van der Waals surface area contributed by atoms with Gasteiger partial charge in [-0.15, -0.1) is 0 Å². The number of hydrogen-bond donors (Lipinski definition) is 2. The normalized spacial score (nSPS) is 29.0. The van der Waals surface area contributed by atoms with Crippen molar-refractivity contribution >= 4 is 24.0 Å². The number of piperidine rings is 1. The maximum atomic E-state index is 12.7. The SMILES string of the molecule is CC1CCN(CCNC(=O)OC[C@]2(C)CC3/C(=C\c4ccccn4)C(=O)N3[C@H]2C(=O)O)CC1. The van der Waals surface area contributed by atoms with Gasteiger partial charge in [-0.3, -0.25) is 9.78 Å². The molecule has 3 fully saturated rings. The largest absolute Gasteiger partial charge is 0.480 e. The average molecular weight is 457 g/mol. The zero-order chi connectivity index (χ0) is 23.6. The number of aliphatic carboxylic acids is 1. The lowest BCUT2D eigenvalue weighted by Gasteiger charge is -2.40. The Bertz CT molecular complexity index is 928. The smallest absolute Gasteiger partial charge is 0.407 e. The predicted molar refractivity (Wildman–Crippen MR) is 121 cm³/mol. The van der Waals surface area contributed by atoms with Crippen LogP contribution in [0.1, 0.15) is 38.8 Å². The van der Waals surface area contributed by atoms with Crippen molar-refractivity contribution in [2.24, 2.45) is 11.3 Å². The van der Waals surface area contributed by atoms with Gasteiger partial charge in [0.05, 0.1) is 11.7 Å². The number of carbonyl (C=O) groups is 3. The first kappa shape index (κ1) is 23.2. The summed E-state index contributed by atoms with van der Waals surface area (Å²) in [6.45, 7) is 7.27. The summed E-state index contributed by atoms with van der Waals surface area (Å²) in [7, 11) is 0. The van der Waals surface area contributed by atoms with Crippen molar-refractivity contribution in [3.63, 3.8) is 0 Å². The molecule has 2 N–H and O–H groups in total. The summed E-state index contributed by atoms with van der Waals surface area (Å²) in [6, 6.07) is 4.05. The summed E-state index contributed by atoms with van der Waals surface area (Å²) in [5.41, 5.74) is 0.315. The second kappa shape index (κ2) is 9.51. The number of amides is 2. The number of aromatic nitrogens is 1. The maximum absolute atomic E-state index is 12.7. The lowest BCUT2D eigenvalue weighted by Crippen LogP contribution is -2.58. The van der Waals surface area contributed by atoms with Crippen LogP contribution in [0, 0.1) is 11.3 Å². The van der Waals surface area contributed by atoms with Crippen LogP contribution in [0.5, 0.6) is 0 Å². The second-order valence-corrected chi connectivity index (χ2v) is 9.71. The molecule has 1 aromatic rings. The summed E-state index contributed by atoms with van der Waals surface area (Å²) in [6.07, 6.45) is 5.55. The molecule has 4 rings (SSSR count). The number of nitrogens with zero attached hydrogens (tertiary/aromatic N) is 3. The number of likely N-dealkylation sites (tertiary alicyclic amines) is 1. The van der Waals surface area contributed by atoms with Gasteiger partial charge in [-0.2, -0.15) is 0 Å². The number of β-lactam (4-membered cyclic amide) rings is 1. The molecule has 0 bridgehead atoms. The zero-order valence-electron chi connectivity index (χ0n) is 19.2. The molecule has 9 nitrogen and oxygen atoms in total. The first-order valence-electron chi connectivity index (χ1n) is 11.6. The van der Waals surface area contributed by atoms with Gasteiger partial charge in [0.15, 0.2) is 0 Å². The van der Waals surface area contributed by atoms with E-state index in [1.807, 2.05) is 6.07 Å². The van der Waals surface area contributed by atoms with E-state index in [9.17, 15) is 19.5 Å². The lowest BCUT2D eigenvalue weighted by molar-refractivity contribution is -0.155. The second-order valence-electron chi connectivity index (χ2n) is 9.71. The van der Waals surface area contributed by atoms with Crippen molar-refractivity contribution in [2.75, 3.05) is 32.8 Å². The standard InChI is InChI=1S/C24H32N4O5/c1-16-6-10-27(11-7-16)12-9-26-23(32)33-15-24(2)14-19-18(13-17-5-3-4-8-25-17)21(29)28(19)20(24)22(30)31/h3-5,8,13,16,19-20H,6-7,9-12,14-15H2,1-2H3,(H,26,32)(H,30,31)/b18-13+/t19?,20-,24-/m0/s1. The number of carboxylic acid groups (broad SMARTS) is 1. The molecule has 178 valence electrons. The van der Waals surface area contributed by atoms with E-state index in [0.29, 0.717) is 24.2 Å². The maximum Gasteiger partial charge on any atom is 0.407 e. The topological polar surface area (TPSA) is 112 Å². The Morgan fingerprint density at radius 2 is 2.09 bits per heavy atom. The van der Waals surface area contributed by atoms with Gasteiger partial charge in [-0.1, -0.05) is 19.9 Å². The average Bonchev–Trinajstić information content (AvgIpc) is 3.08. The Morgan fingerprint density at radius 1 is 1.33 bits per heavy atom. The number of nitrogens with one attached hydrogen (secondary N) is 1. The number of rotatable bonds is 7. The Kier molecular flexibility index (Phi) is 6.69. The van der Waals surface area contributed by atoms with Crippen LogP contribution in [-0.2, 0) is 14.3 Å². The minimum atomic E-state index is -1.09. The molecule has 0 radical (unpaired) electrons. The Labute approximate surface area is 193 Å². The number of alkyl carbamates (subject to hydrolysis) is 1. The third-order valence-corrected chi connectivity index (χ3v) is 7.11. The van der Waals surface area contributed by atoms with E-state index in [1.54, 1.807) is 31.3 Å². The molecule has 1 aromatic heterocycles. The third-order valence-electron chi connectivity index (χ3n) is 7.11. The highest BCUT2D eigenvalue weighted by atomic mass is 16.5. The molecule has 3 aliphatic rings. The molecule has 4 heterocycles. The third kappa shape index (κ3) is 4.88. The highest BCUT2D eigenvalue weighted by molar-refractivity contribution is 6.08. The monoisotopic (exact) mass is 456 g/mol. The van der Waals surface area contributed by atoms with Crippen LogP contribution in [0.25, 0.3) is 6.08 Å². The Morgan fingerprint density at radius 3 is 2.76 bits per heavy atom. The fraction of sp³-hybridized carbons (Fsp3) is 0.583. The molecule has 9 heteroatoms. The molecule has 0 aromatic carbocycles. The quantitative estimate of drug-likeness (QED) is 0.477. The van der Waals surface area contributed by atoms with E-state index < -0.39 is 23.5 Å². The van der Waals surface area contributed by atoms with E-state index in [0.717, 1.165) is 25.6 Å². The molecule has 3 atom stereocenters. The summed E-state index contributed by atoms with van der Waals surface area (Å²) in [4.78, 5) is 45.0. The minimum absolute atomic E-state index is 0.0752. The number of ether oxygens (including phenoxy) is 1. The molecule has 33 heavy (non-hydrogen) atoms. The van der Waals surface area contributed by atoms with E-state index in [2.05, 4.69) is 22.1 Å². The van der Waals surface area contributed by atoms with Gasteiger partial charge >= 0.3 is 12.1 Å². The molecule has 1 unspecified atom stereocenters. The summed E-state index contributed by atoms with van der Waals surface area (Å²) < 4.78 is 5.43. The van der Waals surface area contributed by atoms with Gasteiger partial charge in [0.2, 0.25) is 0 Å². The first-order chi connectivity index (χ1) is 15.8. The highest BCUT2D eigenvalue weighted by Crippen LogP contribution is 2.49. The predicted octanol–water partition coefficient (Wildman–Crippen LogP) is 2.00. The van der Waals surface area contributed by atoms with Gasteiger partial charge in [-0.25, -0.2) is 9.59 Å². The van der Waals surface area contributed by atoms with Crippen molar-refractivity contribution in [3.05, 3.63) is 35.7 Å². The van der Waals surface area contributed by atoms with E-state index >= 15 is 0 Å². The molecule has 2 amide bonds. The highest BCUT2D eigenvalue weighted by Gasteiger charge is 2.62. The first-order valence-corrected chi connectivity index (χ1v) is 11.6. The van der Waals surface area contributed by atoms with Crippen LogP contribution in [0.4, 0.5) is 4.79 Å². The van der Waals surface area contributed by atoms with Crippen molar-refractivity contribution in [3.8, 4) is 0 Å². The summed E-state index contributed by atoms with van der Waals surface area (Å²) >= 11 is 0. The van der Waals surface area contributed by atoms with E-state index in [4.69, 9.17) is 4.74 Å². The summed E-state index contributed by atoms with van der Waals surface area (Å²) in [5.74, 6) is -0.638. The Balaban J connectivity index is 1.33. The van der Waals surface area contributed by atoms with Crippen molar-refractivity contribution in [2.45, 2.75) is 45.2 Å². The van der Waals surface area contributed by atoms with Crippen LogP contribution >= 0.6 is 0 Å². The fourth-order valence-corrected chi connectivity index (χ4v) is 5.13. The summed E-state index contributed by atoms with van der Waals surface area (Å²) in [5, 5.41) is 12.6. The van der Waals surface area contributed by atoms with E-state index in [-0.39, 0.29) is 18.6 Å². The van der Waals surface area contributed by atoms with Gasteiger partial charge in [0.1, 0.15) is 12.6 Å². The van der Waals surface area contributed by atoms with Gasteiger partial charge < -0.3 is 25.0 Å². The van der Waals surface area contributed by atoms with Crippen molar-refractivity contribution in [1.29, 1.82) is 0 Å². The molecule has 3 saturated heterocycles. The van der Waals surface area contributed by atoms with Gasteiger partial charge in [0, 0.05) is 30.3 Å². The van der Waals surface area contributed by atoms with Gasteiger partial charge in [-0.05, 0) is 56.5 Å². The number of fused-ring (bicyclic) bond motifs is 1. The van der Waals surface area contributed by atoms with E-state index in [1.165, 1.54) is 17.7 Å². The molecule has 0 saturated carbocycles. The van der Waals surface area contributed by atoms with Crippen LogP contribution in [0.2, 0.25) is 0 Å². The number of hydrogen-bond acceptors (Lipinski definition) is 6. The lowest BCUT2D eigenvalue weighted by atomic mass is 9.81. The van der Waals surface area contributed by atoms with Crippen LogP contribution in [-0.4, -0.2) is 82.7 Å². The molecule has 0 aliphatic carbocycles. The van der Waals surface area contributed by atoms with Crippen LogP contribution in [0.15, 0.2) is 30.0 Å². The van der Waals surface area contributed by atoms with Crippen LogP contribution in [0.3, 0.4) is 0 Å². The minimum Gasteiger partial charge on any atom is -0.480 e. The number of carbonyl (C=O) groups excluding carboxylic acids is 2.